The van der Waals surface area contributed by atoms with Crippen molar-refractivity contribution < 1.29 is 13.9 Å². The van der Waals surface area contributed by atoms with Crippen LogP contribution in [0.2, 0.25) is 0 Å². The summed E-state index contributed by atoms with van der Waals surface area (Å²) in [7, 11) is 0. The third-order valence-corrected chi connectivity index (χ3v) is 4.29. The Kier molecular flexibility index (Phi) is 5.33. The van der Waals surface area contributed by atoms with E-state index < -0.39 is 0 Å². The van der Waals surface area contributed by atoms with Crippen LogP contribution in [0.4, 0.5) is 0 Å². The number of nitrogens with zero attached hydrogens (tertiary/aromatic N) is 4. The predicted octanol–water partition coefficient (Wildman–Crippen LogP) is 2.23. The van der Waals surface area contributed by atoms with Gasteiger partial charge >= 0.3 is 0 Å². The van der Waals surface area contributed by atoms with Crippen LogP contribution < -0.4 is 4.74 Å². The fourth-order valence-corrected chi connectivity index (χ4v) is 2.90. The van der Waals surface area contributed by atoms with Crippen molar-refractivity contribution in [2.45, 2.75) is 24.6 Å². The van der Waals surface area contributed by atoms with E-state index in [1.165, 1.54) is 11.8 Å². The second kappa shape index (κ2) is 7.84. The van der Waals surface area contributed by atoms with E-state index in [2.05, 4.69) is 16.3 Å². The highest BCUT2D eigenvalue weighted by Crippen LogP contribution is 2.19. The Bertz CT molecular complexity index is 739. The van der Waals surface area contributed by atoms with Crippen molar-refractivity contribution in [2.75, 3.05) is 18.9 Å². The number of carbonyl (C=O) groups is 1. The SMILES string of the molecule is N#Cc1ccc(OCCSc2nnc(CN3CCCC3=O)o2)cc1. The molecule has 1 aromatic carbocycles. The minimum absolute atomic E-state index is 0.137. The number of hydrogen-bond donors (Lipinski definition) is 0. The number of carbonyl (C=O) groups excluding carboxylic acids is 1. The molecule has 0 N–H and O–H groups in total. The lowest BCUT2D eigenvalue weighted by molar-refractivity contribution is -0.128. The molecule has 24 heavy (non-hydrogen) atoms. The molecular weight excluding hydrogens is 328 g/mol. The van der Waals surface area contributed by atoms with E-state index in [9.17, 15) is 4.79 Å². The van der Waals surface area contributed by atoms with Gasteiger partial charge in [0, 0.05) is 18.7 Å². The van der Waals surface area contributed by atoms with E-state index >= 15 is 0 Å². The first-order chi connectivity index (χ1) is 11.7. The molecule has 0 radical (unpaired) electrons. The van der Waals surface area contributed by atoms with Crippen molar-refractivity contribution in [3.63, 3.8) is 0 Å². The zero-order valence-corrected chi connectivity index (χ0v) is 13.8. The zero-order chi connectivity index (χ0) is 16.8. The summed E-state index contributed by atoms with van der Waals surface area (Å²) in [6.45, 7) is 1.62. The Hall–Kier alpha value is -2.53. The molecule has 0 saturated carbocycles. The molecular formula is C16H16N4O3S. The molecule has 8 heteroatoms. The Morgan fingerprint density at radius 1 is 1.33 bits per heavy atom. The van der Waals surface area contributed by atoms with Crippen LogP contribution in [0.15, 0.2) is 33.9 Å². The van der Waals surface area contributed by atoms with Gasteiger partial charge in [0.25, 0.3) is 5.22 Å². The van der Waals surface area contributed by atoms with Crippen LogP contribution in [-0.4, -0.2) is 39.9 Å². The number of nitriles is 1. The van der Waals surface area contributed by atoms with E-state index in [4.69, 9.17) is 14.4 Å². The number of hydrogen-bond acceptors (Lipinski definition) is 7. The molecule has 0 unspecified atom stereocenters. The molecule has 2 heterocycles. The molecule has 3 rings (SSSR count). The van der Waals surface area contributed by atoms with Gasteiger partial charge in [-0.1, -0.05) is 11.8 Å². The molecule has 0 bridgehead atoms. The summed E-state index contributed by atoms with van der Waals surface area (Å²) >= 11 is 1.41. The summed E-state index contributed by atoms with van der Waals surface area (Å²) in [4.78, 5) is 13.3. The number of thioether (sulfide) groups is 1. The van der Waals surface area contributed by atoms with Crippen molar-refractivity contribution in [1.82, 2.24) is 15.1 Å². The Balaban J connectivity index is 1.40. The summed E-state index contributed by atoms with van der Waals surface area (Å²) in [5, 5.41) is 17.1. The maximum absolute atomic E-state index is 11.6. The third kappa shape index (κ3) is 4.26. The summed E-state index contributed by atoms with van der Waals surface area (Å²) in [6.07, 6.45) is 1.49. The van der Waals surface area contributed by atoms with E-state index in [0.29, 0.717) is 47.8 Å². The maximum atomic E-state index is 11.6. The van der Waals surface area contributed by atoms with Gasteiger partial charge in [-0.05, 0) is 30.7 Å². The molecule has 1 amide bonds. The molecule has 1 aromatic heterocycles. The van der Waals surface area contributed by atoms with E-state index in [0.717, 1.165) is 13.0 Å². The fourth-order valence-electron chi connectivity index (χ4n) is 2.31. The third-order valence-electron chi connectivity index (χ3n) is 3.51. The van der Waals surface area contributed by atoms with Crippen LogP contribution in [0.25, 0.3) is 0 Å². The van der Waals surface area contributed by atoms with Gasteiger partial charge in [0.05, 0.1) is 24.8 Å². The van der Waals surface area contributed by atoms with Gasteiger partial charge < -0.3 is 14.1 Å². The average Bonchev–Trinajstić information content (AvgIpc) is 3.22. The highest BCUT2D eigenvalue weighted by atomic mass is 32.2. The second-order valence-corrected chi connectivity index (χ2v) is 6.26. The molecule has 0 spiro atoms. The number of amides is 1. The molecule has 2 aromatic rings. The fraction of sp³-hybridized carbons (Fsp3) is 0.375. The highest BCUT2D eigenvalue weighted by Gasteiger charge is 2.22. The van der Waals surface area contributed by atoms with Crippen molar-refractivity contribution in [3.8, 4) is 11.8 Å². The number of likely N-dealkylation sites (tertiary alicyclic amines) is 1. The number of rotatable bonds is 7. The number of ether oxygens (including phenoxy) is 1. The second-order valence-electron chi connectivity index (χ2n) is 5.21. The van der Waals surface area contributed by atoms with Gasteiger partial charge in [0.15, 0.2) is 0 Å². The predicted molar refractivity (Wildman–Crippen MR) is 86.3 cm³/mol. The van der Waals surface area contributed by atoms with E-state index in [1.807, 2.05) is 0 Å². The summed E-state index contributed by atoms with van der Waals surface area (Å²) in [6, 6.07) is 9.02. The molecule has 124 valence electrons. The van der Waals surface area contributed by atoms with Crippen LogP contribution in [0.1, 0.15) is 24.3 Å². The average molecular weight is 344 g/mol. The largest absolute Gasteiger partial charge is 0.493 e. The summed E-state index contributed by atoms with van der Waals surface area (Å²) < 4.78 is 11.1. The van der Waals surface area contributed by atoms with Crippen molar-refractivity contribution >= 4 is 17.7 Å². The van der Waals surface area contributed by atoms with Crippen molar-refractivity contribution in [1.29, 1.82) is 5.26 Å². The zero-order valence-electron chi connectivity index (χ0n) is 13.0. The Morgan fingerprint density at radius 2 is 2.17 bits per heavy atom. The van der Waals surface area contributed by atoms with Gasteiger partial charge in [-0.25, -0.2) is 0 Å². The molecule has 0 aliphatic carbocycles. The molecule has 1 fully saturated rings. The maximum Gasteiger partial charge on any atom is 0.276 e. The highest BCUT2D eigenvalue weighted by molar-refractivity contribution is 7.99. The van der Waals surface area contributed by atoms with E-state index in [1.54, 1.807) is 29.2 Å². The quantitative estimate of drug-likeness (QED) is 0.562. The minimum atomic E-state index is 0.137. The lowest BCUT2D eigenvalue weighted by Crippen LogP contribution is -2.23. The van der Waals surface area contributed by atoms with Crippen LogP contribution in [0.3, 0.4) is 0 Å². The normalized spacial score (nSPS) is 14.0. The van der Waals surface area contributed by atoms with Crippen LogP contribution in [-0.2, 0) is 11.3 Å². The molecule has 1 aliphatic heterocycles. The summed E-state index contributed by atoms with van der Waals surface area (Å²) in [5.41, 5.74) is 0.603. The van der Waals surface area contributed by atoms with Crippen LogP contribution >= 0.6 is 11.8 Å². The van der Waals surface area contributed by atoms with Crippen LogP contribution in [0, 0.1) is 11.3 Å². The van der Waals surface area contributed by atoms with Gasteiger partial charge in [0.2, 0.25) is 11.8 Å². The first-order valence-corrected chi connectivity index (χ1v) is 8.59. The minimum Gasteiger partial charge on any atom is -0.493 e. The lowest BCUT2D eigenvalue weighted by atomic mass is 10.2. The Morgan fingerprint density at radius 3 is 2.88 bits per heavy atom. The Labute approximate surface area is 143 Å². The first kappa shape index (κ1) is 16.3. The van der Waals surface area contributed by atoms with Crippen molar-refractivity contribution in [3.05, 3.63) is 35.7 Å². The smallest absolute Gasteiger partial charge is 0.276 e. The standard InChI is InChI=1S/C16H16N4O3S/c17-10-12-3-5-13(6-4-12)22-8-9-24-16-19-18-14(23-16)11-20-7-1-2-15(20)21/h3-6H,1-2,7-9,11H2. The number of benzene rings is 1. The molecule has 1 aliphatic rings. The molecule has 0 atom stereocenters. The van der Waals surface area contributed by atoms with E-state index in [-0.39, 0.29) is 5.91 Å². The van der Waals surface area contributed by atoms with Crippen molar-refractivity contribution in [2.24, 2.45) is 0 Å². The van der Waals surface area contributed by atoms with Gasteiger partial charge in [0.1, 0.15) is 5.75 Å². The number of aromatic nitrogens is 2. The monoisotopic (exact) mass is 344 g/mol. The summed E-state index contributed by atoms with van der Waals surface area (Å²) in [5.74, 6) is 1.97. The van der Waals surface area contributed by atoms with Gasteiger partial charge in [-0.15, -0.1) is 10.2 Å². The molecule has 1 saturated heterocycles. The topological polar surface area (TPSA) is 92.2 Å². The van der Waals surface area contributed by atoms with Crippen LogP contribution in [0.5, 0.6) is 5.75 Å². The van der Waals surface area contributed by atoms with Gasteiger partial charge in [-0.3, -0.25) is 4.79 Å². The van der Waals surface area contributed by atoms with Gasteiger partial charge in [-0.2, -0.15) is 5.26 Å². The lowest BCUT2D eigenvalue weighted by Gasteiger charge is -2.11. The first-order valence-electron chi connectivity index (χ1n) is 7.60. The molecule has 7 nitrogen and oxygen atoms in total.